The molecule has 0 spiro atoms. The van der Waals surface area contributed by atoms with Crippen LogP contribution in [0.25, 0.3) is 0 Å². The number of ether oxygens (including phenoxy) is 1. The maximum atomic E-state index is 12.2. The highest BCUT2D eigenvalue weighted by Crippen LogP contribution is 2.35. The lowest BCUT2D eigenvalue weighted by Gasteiger charge is -2.30. The molecule has 2 aromatic rings. The molecule has 1 atom stereocenters. The van der Waals surface area contributed by atoms with Gasteiger partial charge in [0.2, 0.25) is 5.91 Å². The molecule has 5 nitrogen and oxygen atoms in total. The van der Waals surface area contributed by atoms with Gasteiger partial charge < -0.3 is 15.0 Å². The Hall–Kier alpha value is -2.82. The highest BCUT2D eigenvalue weighted by atomic mass is 16.5. The highest BCUT2D eigenvalue weighted by Gasteiger charge is 2.29. The topological polar surface area (TPSA) is 58.6 Å². The molecular weight excluding hydrogens is 304 g/mol. The number of carbonyl (C=O) groups excluding carboxylic acids is 2. The van der Waals surface area contributed by atoms with Gasteiger partial charge in [-0.1, -0.05) is 29.8 Å². The van der Waals surface area contributed by atoms with E-state index in [0.29, 0.717) is 23.5 Å². The number of hydrogen-bond donors (Lipinski definition) is 1. The van der Waals surface area contributed by atoms with Gasteiger partial charge in [0.15, 0.2) is 6.10 Å². The van der Waals surface area contributed by atoms with Crippen molar-refractivity contribution in [2.75, 3.05) is 17.3 Å². The molecule has 0 bridgehead atoms. The van der Waals surface area contributed by atoms with Gasteiger partial charge in [0, 0.05) is 12.7 Å². The van der Waals surface area contributed by atoms with Crippen LogP contribution in [0.1, 0.15) is 18.1 Å². The summed E-state index contributed by atoms with van der Waals surface area (Å²) in [5, 5.41) is 2.87. The summed E-state index contributed by atoms with van der Waals surface area (Å²) in [5.74, 6) is 0.437. The van der Waals surface area contributed by atoms with Crippen molar-refractivity contribution in [1.82, 2.24) is 0 Å². The van der Waals surface area contributed by atoms with Crippen LogP contribution < -0.4 is 15.0 Å². The van der Waals surface area contributed by atoms with Crippen molar-refractivity contribution in [2.45, 2.75) is 26.4 Å². The zero-order chi connectivity index (χ0) is 17.3. The molecule has 0 aliphatic carbocycles. The summed E-state index contributed by atoms with van der Waals surface area (Å²) >= 11 is 0. The van der Waals surface area contributed by atoms with Crippen LogP contribution in [-0.4, -0.2) is 25.0 Å². The summed E-state index contributed by atoms with van der Waals surface area (Å²) < 4.78 is 5.58. The van der Waals surface area contributed by atoms with Gasteiger partial charge >= 0.3 is 0 Å². The van der Waals surface area contributed by atoms with E-state index in [9.17, 15) is 9.59 Å². The Balaban J connectivity index is 1.74. The zero-order valence-corrected chi connectivity index (χ0v) is 14.0. The lowest BCUT2D eigenvalue weighted by Crippen LogP contribution is -2.42. The Morgan fingerprint density at radius 3 is 2.79 bits per heavy atom. The number of fused-ring (bicyclic) bond motifs is 1. The van der Waals surface area contributed by atoms with Crippen molar-refractivity contribution in [1.29, 1.82) is 0 Å². The van der Waals surface area contributed by atoms with Gasteiger partial charge in [-0.05, 0) is 37.6 Å². The van der Waals surface area contributed by atoms with Crippen LogP contribution in [0.15, 0.2) is 42.5 Å². The number of likely N-dealkylation sites (N-methyl/N-ethyl adjacent to an activating group) is 1. The van der Waals surface area contributed by atoms with Crippen LogP contribution in [0.4, 0.5) is 11.4 Å². The molecule has 1 N–H and O–H groups in total. The monoisotopic (exact) mass is 324 g/mol. The van der Waals surface area contributed by atoms with E-state index in [4.69, 9.17) is 4.74 Å². The van der Waals surface area contributed by atoms with Crippen molar-refractivity contribution >= 4 is 23.2 Å². The molecule has 0 aromatic heterocycles. The number of amides is 2. The predicted octanol–water partition coefficient (Wildman–Crippen LogP) is 2.92. The fraction of sp³-hybridized carbons (Fsp3) is 0.263. The summed E-state index contributed by atoms with van der Waals surface area (Å²) in [5.41, 5.74) is 3.39. The second kappa shape index (κ2) is 6.35. The minimum Gasteiger partial charge on any atom is -0.479 e. The van der Waals surface area contributed by atoms with E-state index in [1.54, 1.807) is 37.1 Å². The van der Waals surface area contributed by atoms with Crippen molar-refractivity contribution in [3.8, 4) is 5.75 Å². The standard InChI is InChI=1S/C19H20N2O3/c1-12-5-4-6-14(9-12)10-18(22)20-15-7-8-17-16(11-15)21(3)19(23)13(2)24-17/h4-9,11,13H,10H2,1-3H3,(H,20,22). The third-order valence-corrected chi connectivity index (χ3v) is 4.03. The van der Waals surface area contributed by atoms with Crippen LogP contribution in [0, 0.1) is 6.92 Å². The van der Waals surface area contributed by atoms with E-state index in [0.717, 1.165) is 11.1 Å². The number of rotatable bonds is 3. The van der Waals surface area contributed by atoms with Crippen LogP contribution in [-0.2, 0) is 16.0 Å². The Labute approximate surface area is 141 Å². The van der Waals surface area contributed by atoms with E-state index in [2.05, 4.69) is 5.32 Å². The number of anilines is 2. The van der Waals surface area contributed by atoms with Crippen molar-refractivity contribution in [3.05, 3.63) is 53.6 Å². The average Bonchev–Trinajstić information content (AvgIpc) is 2.53. The quantitative estimate of drug-likeness (QED) is 0.944. The Kier molecular flexibility index (Phi) is 4.25. The first-order valence-electron chi connectivity index (χ1n) is 7.88. The fourth-order valence-electron chi connectivity index (χ4n) is 2.80. The minimum atomic E-state index is -0.496. The molecule has 0 radical (unpaired) electrons. The van der Waals surface area contributed by atoms with E-state index in [1.165, 1.54) is 0 Å². The average molecular weight is 324 g/mol. The SMILES string of the molecule is Cc1cccc(CC(=O)Nc2ccc3c(c2)N(C)C(=O)C(C)O3)c1. The second-order valence-electron chi connectivity index (χ2n) is 6.05. The molecule has 2 amide bonds. The Morgan fingerprint density at radius 2 is 2.04 bits per heavy atom. The first-order valence-corrected chi connectivity index (χ1v) is 7.88. The zero-order valence-electron chi connectivity index (χ0n) is 14.0. The van der Waals surface area contributed by atoms with Gasteiger partial charge in [0.1, 0.15) is 5.75 Å². The number of benzene rings is 2. The van der Waals surface area contributed by atoms with Gasteiger partial charge in [-0.2, -0.15) is 0 Å². The molecule has 24 heavy (non-hydrogen) atoms. The van der Waals surface area contributed by atoms with Gasteiger partial charge in [0.25, 0.3) is 5.91 Å². The van der Waals surface area contributed by atoms with Crippen LogP contribution in [0.5, 0.6) is 5.75 Å². The fourth-order valence-corrected chi connectivity index (χ4v) is 2.80. The number of carbonyl (C=O) groups is 2. The van der Waals surface area contributed by atoms with E-state index in [1.807, 2.05) is 31.2 Å². The number of aryl methyl sites for hydroxylation is 1. The van der Waals surface area contributed by atoms with Crippen LogP contribution in [0.3, 0.4) is 0 Å². The second-order valence-corrected chi connectivity index (χ2v) is 6.05. The van der Waals surface area contributed by atoms with Crippen molar-refractivity contribution < 1.29 is 14.3 Å². The summed E-state index contributed by atoms with van der Waals surface area (Å²) in [7, 11) is 1.71. The largest absolute Gasteiger partial charge is 0.479 e. The van der Waals surface area contributed by atoms with Crippen LogP contribution in [0.2, 0.25) is 0 Å². The molecule has 0 fully saturated rings. The third-order valence-electron chi connectivity index (χ3n) is 4.03. The molecule has 2 aromatic carbocycles. The van der Waals surface area contributed by atoms with Crippen molar-refractivity contribution in [2.24, 2.45) is 0 Å². The molecular formula is C19H20N2O3. The lowest BCUT2D eigenvalue weighted by atomic mass is 10.1. The maximum Gasteiger partial charge on any atom is 0.267 e. The number of hydrogen-bond acceptors (Lipinski definition) is 3. The molecule has 1 heterocycles. The molecule has 3 rings (SSSR count). The van der Waals surface area contributed by atoms with Crippen molar-refractivity contribution in [3.63, 3.8) is 0 Å². The summed E-state index contributed by atoms with van der Waals surface area (Å²) in [6.45, 7) is 3.72. The van der Waals surface area contributed by atoms with Crippen LogP contribution >= 0.6 is 0 Å². The van der Waals surface area contributed by atoms with Gasteiger partial charge in [-0.25, -0.2) is 0 Å². The van der Waals surface area contributed by atoms with Gasteiger partial charge in [0.05, 0.1) is 12.1 Å². The summed E-state index contributed by atoms with van der Waals surface area (Å²) in [6.07, 6.45) is -0.189. The number of nitrogens with zero attached hydrogens (tertiary/aromatic N) is 1. The lowest BCUT2D eigenvalue weighted by molar-refractivity contribution is -0.125. The molecule has 5 heteroatoms. The van der Waals surface area contributed by atoms with E-state index < -0.39 is 6.10 Å². The Bertz CT molecular complexity index is 801. The highest BCUT2D eigenvalue weighted by molar-refractivity contribution is 6.00. The smallest absolute Gasteiger partial charge is 0.267 e. The molecule has 1 aliphatic heterocycles. The van der Waals surface area contributed by atoms with Gasteiger partial charge in [-0.15, -0.1) is 0 Å². The first kappa shape index (κ1) is 16.1. The molecule has 124 valence electrons. The third kappa shape index (κ3) is 3.25. The number of nitrogens with one attached hydrogen (secondary N) is 1. The normalized spacial score (nSPS) is 16.4. The maximum absolute atomic E-state index is 12.2. The summed E-state index contributed by atoms with van der Waals surface area (Å²) in [6, 6.07) is 13.2. The first-order chi connectivity index (χ1) is 11.4. The summed E-state index contributed by atoms with van der Waals surface area (Å²) in [4.78, 5) is 25.8. The molecule has 0 saturated carbocycles. The molecule has 1 aliphatic rings. The minimum absolute atomic E-state index is 0.0976. The Morgan fingerprint density at radius 1 is 1.25 bits per heavy atom. The van der Waals surface area contributed by atoms with E-state index in [-0.39, 0.29) is 11.8 Å². The predicted molar refractivity (Wildman–Crippen MR) is 93.5 cm³/mol. The van der Waals surface area contributed by atoms with E-state index >= 15 is 0 Å². The van der Waals surface area contributed by atoms with Gasteiger partial charge in [-0.3, -0.25) is 9.59 Å². The molecule has 1 unspecified atom stereocenters. The molecule has 0 saturated heterocycles.